The Hall–Kier alpha value is -8.81. The van der Waals surface area contributed by atoms with Crippen molar-refractivity contribution in [3.05, 3.63) is 212 Å². The van der Waals surface area contributed by atoms with Crippen molar-refractivity contribution in [3.8, 4) is 34.7 Å². The first-order chi connectivity index (χ1) is 31.8. The van der Waals surface area contributed by atoms with E-state index in [1.54, 1.807) is 0 Å². The first-order valence-corrected chi connectivity index (χ1v) is 21.6. The van der Waals surface area contributed by atoms with Gasteiger partial charge in [-0.1, -0.05) is 152 Å². The zero-order valence-corrected chi connectivity index (χ0v) is 34.3. The number of fused-ring (bicyclic) bond motifs is 13. The molecule has 5 aromatic heterocycles. The van der Waals surface area contributed by atoms with E-state index in [2.05, 4.69) is 212 Å². The monoisotopic (exact) mass is 817 g/mol. The Morgan fingerprint density at radius 1 is 0.250 bits per heavy atom. The van der Waals surface area contributed by atoms with E-state index >= 15 is 0 Å². The lowest BCUT2D eigenvalue weighted by molar-refractivity contribution is 0.893. The van der Waals surface area contributed by atoms with Gasteiger partial charge in [0.1, 0.15) is 0 Å². The molecule has 0 amide bonds. The van der Waals surface area contributed by atoms with E-state index < -0.39 is 0 Å². The molecule has 0 fully saturated rings. The lowest BCUT2D eigenvalue weighted by atomic mass is 10.1. The topological polar surface area (TPSA) is 58.4 Å². The summed E-state index contributed by atoms with van der Waals surface area (Å²) in [5.74, 6) is 1.67. The number of hydrogen-bond donors (Lipinski definition) is 0. The van der Waals surface area contributed by atoms with E-state index in [9.17, 15) is 0 Å². The highest BCUT2D eigenvalue weighted by Gasteiger charge is 2.25. The van der Waals surface area contributed by atoms with Gasteiger partial charge >= 0.3 is 0 Å². The summed E-state index contributed by atoms with van der Waals surface area (Å²) >= 11 is 0. The molecule has 0 saturated carbocycles. The van der Waals surface area contributed by atoms with Gasteiger partial charge in [0, 0.05) is 60.0 Å². The van der Waals surface area contributed by atoms with E-state index in [0.717, 1.165) is 88.0 Å². The number of para-hydroxylation sites is 6. The maximum atomic E-state index is 5.60. The van der Waals surface area contributed by atoms with Gasteiger partial charge in [-0.15, -0.1) is 0 Å². The second-order valence-electron chi connectivity index (χ2n) is 16.5. The molecule has 0 saturated heterocycles. The molecule has 14 aromatic rings. The fourth-order valence-corrected chi connectivity index (χ4v) is 10.3. The average Bonchev–Trinajstić information content (AvgIpc) is 4.09. The number of aromatic nitrogens is 7. The zero-order chi connectivity index (χ0) is 41.9. The molecule has 0 unspecified atom stereocenters. The van der Waals surface area contributed by atoms with Crippen molar-refractivity contribution in [1.29, 1.82) is 0 Å². The standard InChI is InChI=1S/C57H35N7/c1-4-18-36(19-5-1)55-58-56(63-49-30-16-13-27-42(49)46-34-45-41-26-12-14-28-47(41)61(51(45)35-52(46)63)37-20-6-2-7-21-37)60-57(59-55)64-50-31-17-11-25-40(50)44-33-32-43-39-24-10-15-29-48(39)62(53(43)54(44)64)38-22-8-3-9-23-38/h1-35H. The molecule has 0 aliphatic rings. The number of benzene rings is 9. The summed E-state index contributed by atoms with van der Waals surface area (Å²) in [5.41, 5.74) is 11.7. The lowest BCUT2D eigenvalue weighted by Crippen LogP contribution is -2.10. The lowest BCUT2D eigenvalue weighted by Gasteiger charge is -2.14. The summed E-state index contributed by atoms with van der Waals surface area (Å²) in [4.78, 5) is 16.4. The Morgan fingerprint density at radius 3 is 1.20 bits per heavy atom. The highest BCUT2D eigenvalue weighted by atomic mass is 15.3. The summed E-state index contributed by atoms with van der Waals surface area (Å²) in [6.45, 7) is 0. The smallest absolute Gasteiger partial charge is 0.240 e. The summed E-state index contributed by atoms with van der Waals surface area (Å²) in [7, 11) is 0. The van der Waals surface area contributed by atoms with Gasteiger partial charge in [-0.25, -0.2) is 0 Å². The molecule has 0 atom stereocenters. The van der Waals surface area contributed by atoms with Gasteiger partial charge < -0.3 is 9.13 Å². The van der Waals surface area contributed by atoms with Crippen LogP contribution in [0.25, 0.3) is 122 Å². The molecule has 0 aliphatic heterocycles. The van der Waals surface area contributed by atoms with Crippen LogP contribution in [0.2, 0.25) is 0 Å². The summed E-state index contributed by atoms with van der Waals surface area (Å²) in [6, 6.07) is 75.4. The van der Waals surface area contributed by atoms with Crippen molar-refractivity contribution in [2.75, 3.05) is 0 Å². The quantitative estimate of drug-likeness (QED) is 0.174. The second kappa shape index (κ2) is 13.3. The fourth-order valence-electron chi connectivity index (χ4n) is 10.3. The van der Waals surface area contributed by atoms with E-state index in [1.165, 1.54) is 16.2 Å². The van der Waals surface area contributed by atoms with Gasteiger partial charge in [-0.3, -0.25) is 9.13 Å². The normalized spacial score (nSPS) is 12.1. The second-order valence-corrected chi connectivity index (χ2v) is 16.5. The molecular formula is C57H35N7. The predicted octanol–water partition coefficient (Wildman–Crippen LogP) is 13.9. The first-order valence-electron chi connectivity index (χ1n) is 21.6. The molecule has 298 valence electrons. The van der Waals surface area contributed by atoms with Crippen LogP contribution >= 0.6 is 0 Å². The van der Waals surface area contributed by atoms with E-state index in [4.69, 9.17) is 15.0 Å². The summed E-state index contributed by atoms with van der Waals surface area (Å²) in [5, 5.41) is 9.26. The van der Waals surface area contributed by atoms with Crippen LogP contribution in [0.4, 0.5) is 0 Å². The Balaban J connectivity index is 1.14. The number of hydrogen-bond acceptors (Lipinski definition) is 3. The third kappa shape index (κ3) is 4.89. The highest BCUT2D eigenvalue weighted by Crippen LogP contribution is 2.43. The Bertz CT molecular complexity index is 4180. The van der Waals surface area contributed by atoms with Crippen LogP contribution < -0.4 is 0 Å². The van der Waals surface area contributed by atoms with Gasteiger partial charge in [0.25, 0.3) is 0 Å². The SMILES string of the molecule is c1ccc(-c2nc(-n3c4ccccc4c4cc5c6ccccc6n(-c6ccccc6)c5cc43)nc(-n3c4ccccc4c4ccc5c6ccccc6n(-c6ccccc6)c5c43)n2)cc1. The van der Waals surface area contributed by atoms with Crippen LogP contribution in [-0.2, 0) is 0 Å². The molecular weight excluding hydrogens is 783 g/mol. The molecule has 9 aromatic carbocycles. The van der Waals surface area contributed by atoms with Crippen LogP contribution in [0.3, 0.4) is 0 Å². The van der Waals surface area contributed by atoms with Crippen molar-refractivity contribution in [2.45, 2.75) is 0 Å². The Morgan fingerprint density at radius 2 is 0.641 bits per heavy atom. The minimum absolute atomic E-state index is 0.540. The predicted molar refractivity (Wildman–Crippen MR) is 263 cm³/mol. The Kier molecular flexibility index (Phi) is 7.27. The number of rotatable bonds is 5. The Labute approximate surface area is 366 Å². The van der Waals surface area contributed by atoms with Crippen molar-refractivity contribution < 1.29 is 0 Å². The summed E-state index contributed by atoms with van der Waals surface area (Å²) in [6.07, 6.45) is 0. The molecule has 0 bridgehead atoms. The molecule has 14 rings (SSSR count). The van der Waals surface area contributed by atoms with Crippen LogP contribution in [0.5, 0.6) is 0 Å². The molecule has 0 aliphatic carbocycles. The van der Waals surface area contributed by atoms with Crippen molar-refractivity contribution in [1.82, 2.24) is 33.2 Å². The minimum atomic E-state index is 0.540. The molecule has 64 heavy (non-hydrogen) atoms. The van der Waals surface area contributed by atoms with Crippen LogP contribution in [0, 0.1) is 0 Å². The third-order valence-electron chi connectivity index (χ3n) is 13.0. The molecule has 0 N–H and O–H groups in total. The third-order valence-corrected chi connectivity index (χ3v) is 13.0. The number of nitrogens with zero attached hydrogens (tertiary/aromatic N) is 7. The maximum absolute atomic E-state index is 5.60. The minimum Gasteiger partial charge on any atom is -0.309 e. The molecule has 7 nitrogen and oxygen atoms in total. The van der Waals surface area contributed by atoms with Crippen LogP contribution in [0.15, 0.2) is 212 Å². The van der Waals surface area contributed by atoms with Gasteiger partial charge in [-0.05, 0) is 60.7 Å². The highest BCUT2D eigenvalue weighted by molar-refractivity contribution is 6.24. The van der Waals surface area contributed by atoms with Gasteiger partial charge in [0.2, 0.25) is 11.9 Å². The first kappa shape index (κ1) is 34.9. The average molecular weight is 818 g/mol. The van der Waals surface area contributed by atoms with Gasteiger partial charge in [0.15, 0.2) is 5.82 Å². The molecule has 5 heterocycles. The molecule has 0 radical (unpaired) electrons. The van der Waals surface area contributed by atoms with Crippen LogP contribution in [0.1, 0.15) is 0 Å². The van der Waals surface area contributed by atoms with Crippen molar-refractivity contribution >= 4 is 87.2 Å². The largest absolute Gasteiger partial charge is 0.309 e. The summed E-state index contributed by atoms with van der Waals surface area (Å²) < 4.78 is 9.27. The van der Waals surface area contributed by atoms with Crippen LogP contribution in [-0.4, -0.2) is 33.2 Å². The zero-order valence-electron chi connectivity index (χ0n) is 34.3. The molecule has 0 spiro atoms. The fraction of sp³-hybridized carbons (Fsp3) is 0. The van der Waals surface area contributed by atoms with E-state index in [-0.39, 0.29) is 0 Å². The van der Waals surface area contributed by atoms with Crippen molar-refractivity contribution in [3.63, 3.8) is 0 Å². The van der Waals surface area contributed by atoms with E-state index in [0.29, 0.717) is 17.7 Å². The molecule has 7 heteroatoms. The van der Waals surface area contributed by atoms with Gasteiger partial charge in [0.05, 0.1) is 44.1 Å². The van der Waals surface area contributed by atoms with E-state index in [1.807, 2.05) is 18.2 Å². The van der Waals surface area contributed by atoms with Crippen molar-refractivity contribution in [2.24, 2.45) is 0 Å². The van der Waals surface area contributed by atoms with Gasteiger partial charge in [-0.2, -0.15) is 15.0 Å². The maximum Gasteiger partial charge on any atom is 0.240 e.